The van der Waals surface area contributed by atoms with Crippen molar-refractivity contribution in [3.63, 3.8) is 0 Å². The highest BCUT2D eigenvalue weighted by atomic mass is 35.5. The lowest BCUT2D eigenvalue weighted by atomic mass is 9.96. The molecule has 0 nitrogen and oxygen atoms in total. The summed E-state index contributed by atoms with van der Waals surface area (Å²) in [7, 11) is 0. The Morgan fingerprint density at radius 2 is 2.22 bits per heavy atom. The molecule has 0 radical (unpaired) electrons. The first-order valence-corrected chi connectivity index (χ1v) is 4.05. The number of fused-ring (bicyclic) bond motifs is 2. The fourth-order valence-corrected chi connectivity index (χ4v) is 2.55. The molecule has 9 heavy (non-hydrogen) atoms. The van der Waals surface area contributed by atoms with Crippen LogP contribution < -0.4 is 0 Å². The molecule has 0 aromatic heterocycles. The molecule has 50 valence electrons. The van der Waals surface area contributed by atoms with Gasteiger partial charge in [0.2, 0.25) is 0 Å². The van der Waals surface area contributed by atoms with Crippen LogP contribution in [-0.4, -0.2) is 5.38 Å². The van der Waals surface area contributed by atoms with Gasteiger partial charge in [0, 0.05) is 0 Å². The Bertz CT molecular complexity index is 147. The highest BCUT2D eigenvalue weighted by Crippen LogP contribution is 2.49. The molecule has 0 aromatic carbocycles. The smallest absolute Gasteiger partial charge is 0.0573 e. The van der Waals surface area contributed by atoms with E-state index in [0.29, 0.717) is 5.38 Å². The lowest BCUT2D eigenvalue weighted by Gasteiger charge is -2.16. The van der Waals surface area contributed by atoms with E-state index in [1.165, 1.54) is 24.8 Å². The molecule has 0 aliphatic heterocycles. The van der Waals surface area contributed by atoms with Crippen LogP contribution in [0.2, 0.25) is 0 Å². The van der Waals surface area contributed by atoms with Crippen molar-refractivity contribution in [2.45, 2.75) is 24.6 Å². The molecule has 2 aliphatic carbocycles. The molecule has 2 rings (SSSR count). The first-order valence-electron chi connectivity index (χ1n) is 3.62. The third-order valence-corrected chi connectivity index (χ3v) is 3.40. The molecular weight excluding hydrogens is 132 g/mol. The molecule has 0 N–H and O–H groups in total. The number of hydrogen-bond acceptors (Lipinski definition) is 0. The average molecular weight is 143 g/mol. The van der Waals surface area contributed by atoms with Gasteiger partial charge in [-0.3, -0.25) is 0 Å². The maximum atomic E-state index is 6.06. The molecule has 3 atom stereocenters. The van der Waals surface area contributed by atoms with Crippen LogP contribution in [0.1, 0.15) is 19.3 Å². The van der Waals surface area contributed by atoms with Crippen molar-refractivity contribution in [1.82, 2.24) is 0 Å². The second kappa shape index (κ2) is 1.76. The minimum atomic E-state index is 0.323. The van der Waals surface area contributed by atoms with Crippen molar-refractivity contribution in [1.29, 1.82) is 0 Å². The summed E-state index contributed by atoms with van der Waals surface area (Å²) in [6.07, 6.45) is 4.03. The highest BCUT2D eigenvalue weighted by Gasteiger charge is 2.41. The summed E-state index contributed by atoms with van der Waals surface area (Å²) in [6.45, 7) is 3.99. The molecule has 2 aliphatic rings. The first kappa shape index (κ1) is 5.79. The Morgan fingerprint density at radius 1 is 1.44 bits per heavy atom. The average Bonchev–Trinajstić information content (AvgIpc) is 2.37. The summed E-state index contributed by atoms with van der Waals surface area (Å²) in [5.74, 6) is 1.57. The Kier molecular flexibility index (Phi) is 1.13. The van der Waals surface area contributed by atoms with Gasteiger partial charge in [-0.1, -0.05) is 12.2 Å². The maximum Gasteiger partial charge on any atom is 0.0573 e. The van der Waals surface area contributed by atoms with Gasteiger partial charge in [0.1, 0.15) is 0 Å². The Balaban J connectivity index is 2.25. The maximum absolute atomic E-state index is 6.06. The molecule has 2 fully saturated rings. The van der Waals surface area contributed by atoms with E-state index in [9.17, 15) is 0 Å². The topological polar surface area (TPSA) is 0 Å². The largest absolute Gasteiger partial charge is 0.118 e. The van der Waals surface area contributed by atoms with E-state index in [0.717, 1.165) is 11.8 Å². The molecule has 2 saturated carbocycles. The molecule has 0 amide bonds. The van der Waals surface area contributed by atoms with Gasteiger partial charge in [0.05, 0.1) is 5.38 Å². The molecule has 1 heteroatoms. The van der Waals surface area contributed by atoms with Crippen LogP contribution in [-0.2, 0) is 0 Å². The van der Waals surface area contributed by atoms with Crippen molar-refractivity contribution in [3.05, 3.63) is 12.2 Å². The second-order valence-electron chi connectivity index (χ2n) is 3.25. The first-order chi connectivity index (χ1) is 4.29. The monoisotopic (exact) mass is 142 g/mol. The van der Waals surface area contributed by atoms with Gasteiger partial charge in [-0.25, -0.2) is 0 Å². The zero-order chi connectivity index (χ0) is 6.43. The van der Waals surface area contributed by atoms with E-state index < -0.39 is 0 Å². The third-order valence-electron chi connectivity index (χ3n) is 2.77. The van der Waals surface area contributed by atoms with E-state index >= 15 is 0 Å². The number of allylic oxidation sites excluding steroid dienone is 1. The van der Waals surface area contributed by atoms with Gasteiger partial charge >= 0.3 is 0 Å². The lowest BCUT2D eigenvalue weighted by Crippen LogP contribution is -2.11. The van der Waals surface area contributed by atoms with Crippen LogP contribution in [0.3, 0.4) is 0 Å². The normalized spacial score (nSPS) is 48.6. The van der Waals surface area contributed by atoms with Crippen molar-refractivity contribution in [2.24, 2.45) is 11.8 Å². The summed E-state index contributed by atoms with van der Waals surface area (Å²) in [5, 5.41) is 0.323. The molecule has 0 saturated heterocycles. The van der Waals surface area contributed by atoms with Gasteiger partial charge < -0.3 is 0 Å². The molecule has 0 aromatic rings. The van der Waals surface area contributed by atoms with Crippen LogP contribution in [0.25, 0.3) is 0 Å². The van der Waals surface area contributed by atoms with Crippen molar-refractivity contribution >= 4 is 11.6 Å². The van der Waals surface area contributed by atoms with E-state index in [-0.39, 0.29) is 0 Å². The molecular formula is C8H11Cl. The van der Waals surface area contributed by atoms with Crippen molar-refractivity contribution < 1.29 is 0 Å². The van der Waals surface area contributed by atoms with Gasteiger partial charge in [0.15, 0.2) is 0 Å². The van der Waals surface area contributed by atoms with Crippen LogP contribution in [0, 0.1) is 11.8 Å². The van der Waals surface area contributed by atoms with E-state index in [1.54, 1.807) is 0 Å². The highest BCUT2D eigenvalue weighted by molar-refractivity contribution is 6.22. The van der Waals surface area contributed by atoms with Crippen LogP contribution in [0.5, 0.6) is 0 Å². The predicted molar refractivity (Wildman–Crippen MR) is 39.6 cm³/mol. The van der Waals surface area contributed by atoms with E-state index in [1.807, 2.05) is 0 Å². The van der Waals surface area contributed by atoms with Gasteiger partial charge in [-0.05, 0) is 31.1 Å². The number of rotatable bonds is 0. The quantitative estimate of drug-likeness (QED) is 0.360. The van der Waals surface area contributed by atoms with Gasteiger partial charge in [-0.2, -0.15) is 0 Å². The predicted octanol–water partition coefficient (Wildman–Crippen LogP) is 2.58. The SMILES string of the molecule is C=C1[C@@H]2CC[C@@H](C2)[C@@H]1Cl. The summed E-state index contributed by atoms with van der Waals surface area (Å²) < 4.78 is 0. The van der Waals surface area contributed by atoms with Gasteiger partial charge in [0.25, 0.3) is 0 Å². The number of halogens is 1. The fraction of sp³-hybridized carbons (Fsp3) is 0.750. The van der Waals surface area contributed by atoms with Crippen LogP contribution in [0.4, 0.5) is 0 Å². The number of alkyl halides is 1. The minimum absolute atomic E-state index is 0.323. The number of hydrogen-bond donors (Lipinski definition) is 0. The van der Waals surface area contributed by atoms with Crippen molar-refractivity contribution in [2.75, 3.05) is 0 Å². The molecule has 0 spiro atoms. The summed E-state index contributed by atoms with van der Waals surface area (Å²) in [5.41, 5.74) is 1.31. The zero-order valence-corrected chi connectivity index (χ0v) is 6.19. The summed E-state index contributed by atoms with van der Waals surface area (Å²) in [4.78, 5) is 0. The second-order valence-corrected chi connectivity index (χ2v) is 3.72. The summed E-state index contributed by atoms with van der Waals surface area (Å²) >= 11 is 6.06. The van der Waals surface area contributed by atoms with Crippen LogP contribution >= 0.6 is 11.6 Å². The fourth-order valence-electron chi connectivity index (χ4n) is 2.15. The molecule has 0 heterocycles. The Morgan fingerprint density at radius 3 is 2.56 bits per heavy atom. The van der Waals surface area contributed by atoms with E-state index in [2.05, 4.69) is 6.58 Å². The molecule has 2 bridgehead atoms. The lowest BCUT2D eigenvalue weighted by molar-refractivity contribution is 0.569. The summed E-state index contributed by atoms with van der Waals surface area (Å²) in [6, 6.07) is 0. The minimum Gasteiger partial charge on any atom is -0.118 e. The standard InChI is InChI=1S/C8H11Cl/c1-5-6-2-3-7(4-6)8(5)9/h6-8H,1-4H2/t6-,7+,8-/m1/s1. The Hall–Kier alpha value is 0.0300. The van der Waals surface area contributed by atoms with Crippen molar-refractivity contribution in [3.8, 4) is 0 Å². The third kappa shape index (κ3) is 0.660. The van der Waals surface area contributed by atoms with Crippen LogP contribution in [0.15, 0.2) is 12.2 Å². The Labute approximate surface area is 60.9 Å². The van der Waals surface area contributed by atoms with E-state index in [4.69, 9.17) is 11.6 Å². The van der Waals surface area contributed by atoms with Gasteiger partial charge in [-0.15, -0.1) is 11.6 Å². The zero-order valence-electron chi connectivity index (χ0n) is 5.44. The molecule has 0 unspecified atom stereocenters.